The van der Waals surface area contributed by atoms with Crippen LogP contribution in [0, 0.1) is 17.8 Å². The van der Waals surface area contributed by atoms with E-state index in [2.05, 4.69) is 17.4 Å². The van der Waals surface area contributed by atoms with Gasteiger partial charge in [0.1, 0.15) is 0 Å². The van der Waals surface area contributed by atoms with Crippen LogP contribution in [0.4, 0.5) is 0 Å². The lowest BCUT2D eigenvalue weighted by Crippen LogP contribution is -2.40. The van der Waals surface area contributed by atoms with E-state index in [1.54, 1.807) is 17.4 Å². The lowest BCUT2D eigenvalue weighted by Gasteiger charge is -2.28. The summed E-state index contributed by atoms with van der Waals surface area (Å²) in [4.78, 5) is 13.4. The van der Waals surface area contributed by atoms with E-state index in [1.807, 2.05) is 17.5 Å². The van der Waals surface area contributed by atoms with Gasteiger partial charge >= 0.3 is 0 Å². The highest BCUT2D eigenvalue weighted by atomic mass is 32.1. The van der Waals surface area contributed by atoms with Gasteiger partial charge in [0, 0.05) is 12.1 Å². The quantitative estimate of drug-likeness (QED) is 0.929. The molecule has 1 N–H and O–H groups in total. The van der Waals surface area contributed by atoms with Gasteiger partial charge in [0.05, 0.1) is 4.88 Å². The molecule has 0 spiro atoms. The van der Waals surface area contributed by atoms with E-state index in [-0.39, 0.29) is 11.9 Å². The summed E-state index contributed by atoms with van der Waals surface area (Å²) in [6.07, 6.45) is 5.35. The minimum absolute atomic E-state index is 0.123. The number of nitrogens with zero attached hydrogens (tertiary/aromatic N) is 1. The standard InChI is InChI=1S/C17H20N2O2S/c1-10(13-8-11-4-5-12(13)7-11)18-17(20)14-9-15(21-19-14)16-3-2-6-22-16/h2-3,6,9-13H,4-5,7-8H2,1H3,(H,18,20)/t10-,11+,12+,13-/m1/s1. The van der Waals surface area contributed by atoms with Crippen LogP contribution in [-0.4, -0.2) is 17.1 Å². The summed E-state index contributed by atoms with van der Waals surface area (Å²) in [7, 11) is 0. The molecule has 0 unspecified atom stereocenters. The van der Waals surface area contributed by atoms with Crippen molar-refractivity contribution in [3.63, 3.8) is 0 Å². The Morgan fingerprint density at radius 3 is 3.05 bits per heavy atom. The zero-order chi connectivity index (χ0) is 15.1. The highest BCUT2D eigenvalue weighted by Crippen LogP contribution is 2.49. The van der Waals surface area contributed by atoms with Crippen molar-refractivity contribution < 1.29 is 9.32 Å². The predicted octanol–water partition coefficient (Wildman–Crippen LogP) is 3.96. The number of nitrogens with one attached hydrogen (secondary N) is 1. The molecule has 22 heavy (non-hydrogen) atoms. The van der Waals surface area contributed by atoms with Crippen molar-refractivity contribution >= 4 is 17.2 Å². The number of hydrogen-bond donors (Lipinski definition) is 1. The average molecular weight is 316 g/mol. The molecule has 0 aromatic carbocycles. The van der Waals surface area contributed by atoms with Gasteiger partial charge < -0.3 is 9.84 Å². The highest BCUT2D eigenvalue weighted by Gasteiger charge is 2.42. The van der Waals surface area contributed by atoms with E-state index in [0.29, 0.717) is 17.4 Å². The van der Waals surface area contributed by atoms with Crippen LogP contribution in [0.2, 0.25) is 0 Å². The molecule has 0 saturated heterocycles. The second kappa shape index (κ2) is 5.54. The fraction of sp³-hybridized carbons (Fsp3) is 0.529. The zero-order valence-corrected chi connectivity index (χ0v) is 13.4. The first-order valence-electron chi connectivity index (χ1n) is 8.02. The van der Waals surface area contributed by atoms with Gasteiger partial charge in [-0.1, -0.05) is 17.6 Å². The molecule has 2 saturated carbocycles. The number of fused-ring (bicyclic) bond motifs is 2. The predicted molar refractivity (Wildman–Crippen MR) is 85.7 cm³/mol. The fourth-order valence-corrected chi connectivity index (χ4v) is 4.88. The maximum absolute atomic E-state index is 12.4. The Kier molecular flexibility index (Phi) is 3.53. The number of aromatic nitrogens is 1. The van der Waals surface area contributed by atoms with E-state index in [4.69, 9.17) is 4.52 Å². The molecule has 116 valence electrons. The summed E-state index contributed by atoms with van der Waals surface area (Å²) in [5.74, 6) is 2.87. The van der Waals surface area contributed by atoms with Gasteiger partial charge in [-0.15, -0.1) is 11.3 Å². The molecule has 2 aromatic heterocycles. The second-order valence-electron chi connectivity index (χ2n) is 6.65. The summed E-state index contributed by atoms with van der Waals surface area (Å²) < 4.78 is 5.29. The van der Waals surface area contributed by atoms with Crippen molar-refractivity contribution in [2.45, 2.75) is 38.6 Å². The Labute approximate surface area is 133 Å². The van der Waals surface area contributed by atoms with Crippen molar-refractivity contribution in [1.29, 1.82) is 0 Å². The Bertz CT molecular complexity index is 664. The van der Waals surface area contributed by atoms with Crippen molar-refractivity contribution in [3.8, 4) is 10.6 Å². The SMILES string of the molecule is C[C@@H](NC(=O)c1cc(-c2cccs2)on1)[C@H]1C[C@H]2CC[C@H]1C2. The normalized spacial score (nSPS) is 28.0. The molecule has 0 aliphatic heterocycles. The van der Waals surface area contributed by atoms with Crippen LogP contribution in [0.25, 0.3) is 10.6 Å². The molecule has 4 rings (SSSR count). The number of thiophene rings is 1. The van der Waals surface area contributed by atoms with Gasteiger partial charge in [-0.25, -0.2) is 0 Å². The van der Waals surface area contributed by atoms with E-state index in [0.717, 1.165) is 16.7 Å². The van der Waals surface area contributed by atoms with E-state index < -0.39 is 0 Å². The Morgan fingerprint density at radius 1 is 1.45 bits per heavy atom. The molecule has 4 atom stereocenters. The first-order chi connectivity index (χ1) is 10.7. The van der Waals surface area contributed by atoms with E-state index >= 15 is 0 Å². The molecule has 2 aromatic rings. The average Bonchev–Trinajstić information content (AvgIpc) is 3.29. The van der Waals surface area contributed by atoms with Gasteiger partial charge in [-0.2, -0.15) is 0 Å². The van der Waals surface area contributed by atoms with E-state index in [1.165, 1.54) is 25.7 Å². The minimum Gasteiger partial charge on any atom is -0.355 e. The maximum atomic E-state index is 12.4. The van der Waals surface area contributed by atoms with Crippen LogP contribution in [0.3, 0.4) is 0 Å². The second-order valence-corrected chi connectivity index (χ2v) is 7.60. The minimum atomic E-state index is -0.123. The largest absolute Gasteiger partial charge is 0.355 e. The van der Waals surface area contributed by atoms with Crippen molar-refractivity contribution in [1.82, 2.24) is 10.5 Å². The molecule has 2 aliphatic rings. The van der Waals surface area contributed by atoms with Crippen LogP contribution in [-0.2, 0) is 0 Å². The fourth-order valence-electron chi connectivity index (χ4n) is 4.21. The Balaban J connectivity index is 1.42. The van der Waals surface area contributed by atoms with Gasteiger partial charge in [0.25, 0.3) is 5.91 Å². The lowest BCUT2D eigenvalue weighted by atomic mass is 9.84. The summed E-state index contributed by atoms with van der Waals surface area (Å²) in [5, 5.41) is 9.02. The van der Waals surface area contributed by atoms with Crippen LogP contribution in [0.15, 0.2) is 28.1 Å². The third-order valence-corrected chi connectivity index (χ3v) is 6.19. The van der Waals surface area contributed by atoms with Gasteiger partial charge in [0.2, 0.25) is 0 Å². The molecule has 2 bridgehead atoms. The van der Waals surface area contributed by atoms with Crippen molar-refractivity contribution in [2.24, 2.45) is 17.8 Å². The zero-order valence-electron chi connectivity index (χ0n) is 12.6. The Hall–Kier alpha value is -1.62. The molecule has 2 fully saturated rings. The molecule has 5 heteroatoms. The van der Waals surface area contributed by atoms with Crippen molar-refractivity contribution in [2.75, 3.05) is 0 Å². The van der Waals surface area contributed by atoms with E-state index in [9.17, 15) is 4.79 Å². The monoisotopic (exact) mass is 316 g/mol. The number of amides is 1. The molecule has 2 heterocycles. The topological polar surface area (TPSA) is 55.1 Å². The first-order valence-corrected chi connectivity index (χ1v) is 8.90. The van der Waals surface area contributed by atoms with Crippen molar-refractivity contribution in [3.05, 3.63) is 29.3 Å². The molecule has 2 aliphatic carbocycles. The van der Waals surface area contributed by atoms with Crippen LogP contribution in [0.1, 0.15) is 43.1 Å². The van der Waals surface area contributed by atoms with Gasteiger partial charge in [0.15, 0.2) is 11.5 Å². The number of hydrogen-bond acceptors (Lipinski definition) is 4. The van der Waals surface area contributed by atoms with Gasteiger partial charge in [-0.3, -0.25) is 4.79 Å². The smallest absolute Gasteiger partial charge is 0.273 e. The number of carbonyl (C=O) groups is 1. The third kappa shape index (κ3) is 2.47. The maximum Gasteiger partial charge on any atom is 0.273 e. The third-order valence-electron chi connectivity index (χ3n) is 5.30. The molecular formula is C17H20N2O2S. The molecular weight excluding hydrogens is 296 g/mol. The molecule has 4 nitrogen and oxygen atoms in total. The summed E-state index contributed by atoms with van der Waals surface area (Å²) >= 11 is 1.58. The molecule has 1 amide bonds. The first kappa shape index (κ1) is 14.0. The number of carbonyl (C=O) groups excluding carboxylic acids is 1. The summed E-state index contributed by atoms with van der Waals surface area (Å²) in [6, 6.07) is 5.86. The van der Waals surface area contributed by atoms with Crippen LogP contribution < -0.4 is 5.32 Å². The summed E-state index contributed by atoms with van der Waals surface area (Å²) in [5.41, 5.74) is 0.374. The Morgan fingerprint density at radius 2 is 2.36 bits per heavy atom. The van der Waals surface area contributed by atoms with Crippen LogP contribution in [0.5, 0.6) is 0 Å². The molecule has 0 radical (unpaired) electrons. The number of rotatable bonds is 4. The lowest BCUT2D eigenvalue weighted by molar-refractivity contribution is 0.0906. The van der Waals surface area contributed by atoms with Crippen LogP contribution >= 0.6 is 11.3 Å². The van der Waals surface area contributed by atoms with Gasteiger partial charge in [-0.05, 0) is 55.4 Å². The highest BCUT2D eigenvalue weighted by molar-refractivity contribution is 7.13. The summed E-state index contributed by atoms with van der Waals surface area (Å²) in [6.45, 7) is 2.13.